The Morgan fingerprint density at radius 1 is 1.50 bits per heavy atom. The van der Waals surface area contributed by atoms with Crippen LogP contribution < -0.4 is 0 Å². The summed E-state index contributed by atoms with van der Waals surface area (Å²) in [7, 11) is 0. The highest BCUT2D eigenvalue weighted by Crippen LogP contribution is 2.53. The number of esters is 2. The van der Waals surface area contributed by atoms with Crippen molar-refractivity contribution in [2.24, 2.45) is 11.3 Å². The van der Waals surface area contributed by atoms with E-state index in [2.05, 4.69) is 0 Å². The molecule has 5 heteroatoms. The molecule has 0 aromatic rings. The van der Waals surface area contributed by atoms with Gasteiger partial charge in [-0.05, 0) is 20.3 Å². The lowest BCUT2D eigenvalue weighted by Gasteiger charge is -2.29. The summed E-state index contributed by atoms with van der Waals surface area (Å²) in [5.74, 6) is -1.65. The normalized spacial score (nSPS) is 41.1. The fourth-order valence-corrected chi connectivity index (χ4v) is 2.84. The summed E-state index contributed by atoms with van der Waals surface area (Å²) in [6.07, 6.45) is 1.18. The second-order valence-corrected chi connectivity index (χ2v) is 6.11. The lowest BCUT2D eigenvalue weighted by Crippen LogP contribution is -2.39. The Kier molecular flexibility index (Phi) is 2.31. The number of carbonyl (C=O) groups is 2. The van der Waals surface area contributed by atoms with Gasteiger partial charge in [-0.2, -0.15) is 0 Å². The van der Waals surface area contributed by atoms with E-state index < -0.39 is 11.2 Å². The molecule has 3 aliphatic rings. The molecule has 0 aromatic heterocycles. The van der Waals surface area contributed by atoms with Crippen LogP contribution >= 0.6 is 0 Å². The fourth-order valence-electron chi connectivity index (χ4n) is 2.84. The topological polar surface area (TPSA) is 61.8 Å². The molecule has 0 spiro atoms. The van der Waals surface area contributed by atoms with Gasteiger partial charge in [0.05, 0.1) is 17.8 Å². The molecule has 3 saturated heterocycles. The first-order valence-corrected chi connectivity index (χ1v) is 6.49. The molecule has 3 aliphatic heterocycles. The van der Waals surface area contributed by atoms with Crippen molar-refractivity contribution < 1.29 is 23.8 Å². The molecule has 0 aliphatic carbocycles. The van der Waals surface area contributed by atoms with Gasteiger partial charge in [-0.1, -0.05) is 6.92 Å². The van der Waals surface area contributed by atoms with Crippen LogP contribution in [0.25, 0.3) is 0 Å². The van der Waals surface area contributed by atoms with E-state index in [0.717, 1.165) is 0 Å². The molecule has 18 heavy (non-hydrogen) atoms. The van der Waals surface area contributed by atoms with Crippen molar-refractivity contribution in [1.82, 2.24) is 0 Å². The number of ether oxygens (including phenoxy) is 3. The first-order chi connectivity index (χ1) is 8.37. The highest BCUT2D eigenvalue weighted by molar-refractivity contribution is 5.79. The molecule has 0 amide bonds. The molecule has 3 fully saturated rings. The predicted octanol–water partition coefficient (Wildman–Crippen LogP) is 1.40. The largest absolute Gasteiger partial charge is 0.459 e. The van der Waals surface area contributed by atoms with Crippen LogP contribution in [0.15, 0.2) is 0 Å². The van der Waals surface area contributed by atoms with E-state index in [4.69, 9.17) is 14.2 Å². The van der Waals surface area contributed by atoms with Gasteiger partial charge in [-0.3, -0.25) is 9.59 Å². The van der Waals surface area contributed by atoms with Crippen molar-refractivity contribution in [2.45, 2.75) is 58.0 Å². The third-order valence-electron chi connectivity index (χ3n) is 4.44. The van der Waals surface area contributed by atoms with E-state index in [9.17, 15) is 9.59 Å². The lowest BCUT2D eigenvalue weighted by molar-refractivity contribution is -0.215. The van der Waals surface area contributed by atoms with E-state index in [0.29, 0.717) is 19.3 Å². The average molecular weight is 254 g/mol. The summed E-state index contributed by atoms with van der Waals surface area (Å²) < 4.78 is 16.5. The third kappa shape index (κ3) is 1.49. The van der Waals surface area contributed by atoms with Crippen LogP contribution in [0.3, 0.4) is 0 Å². The van der Waals surface area contributed by atoms with Gasteiger partial charge in [0.1, 0.15) is 12.2 Å². The monoisotopic (exact) mass is 254 g/mol. The van der Waals surface area contributed by atoms with Crippen molar-refractivity contribution in [3.63, 3.8) is 0 Å². The zero-order valence-corrected chi connectivity index (χ0v) is 10.9. The fraction of sp³-hybridized carbons (Fsp3) is 0.846. The van der Waals surface area contributed by atoms with Crippen molar-refractivity contribution in [3.8, 4) is 0 Å². The van der Waals surface area contributed by atoms with Gasteiger partial charge < -0.3 is 14.2 Å². The van der Waals surface area contributed by atoms with Gasteiger partial charge in [0, 0.05) is 6.42 Å². The Morgan fingerprint density at radius 3 is 2.78 bits per heavy atom. The van der Waals surface area contributed by atoms with Gasteiger partial charge in [0.25, 0.3) is 0 Å². The van der Waals surface area contributed by atoms with Gasteiger partial charge in [0.2, 0.25) is 5.79 Å². The summed E-state index contributed by atoms with van der Waals surface area (Å²) in [5, 5.41) is 0. The minimum absolute atomic E-state index is 0.213. The van der Waals surface area contributed by atoms with Crippen LogP contribution in [0.5, 0.6) is 0 Å². The number of hydrogen-bond acceptors (Lipinski definition) is 5. The average Bonchev–Trinajstić information content (AvgIpc) is 2.86. The van der Waals surface area contributed by atoms with Crippen LogP contribution in [-0.4, -0.2) is 29.9 Å². The van der Waals surface area contributed by atoms with Gasteiger partial charge in [-0.25, -0.2) is 0 Å². The summed E-state index contributed by atoms with van der Waals surface area (Å²) in [5.41, 5.74) is -0.525. The van der Waals surface area contributed by atoms with Crippen molar-refractivity contribution in [3.05, 3.63) is 0 Å². The van der Waals surface area contributed by atoms with Crippen LogP contribution in [-0.2, 0) is 23.8 Å². The smallest absolute Gasteiger partial charge is 0.314 e. The van der Waals surface area contributed by atoms with Crippen molar-refractivity contribution in [2.75, 3.05) is 0 Å². The molecular weight excluding hydrogens is 236 g/mol. The number of carbonyl (C=O) groups excluding carboxylic acids is 2. The Bertz CT molecular complexity index is 412. The molecule has 4 unspecified atom stereocenters. The first kappa shape index (κ1) is 12.0. The third-order valence-corrected chi connectivity index (χ3v) is 4.44. The molecule has 100 valence electrons. The molecule has 0 N–H and O–H groups in total. The van der Waals surface area contributed by atoms with Gasteiger partial charge >= 0.3 is 11.9 Å². The number of rotatable bonds is 3. The van der Waals surface area contributed by atoms with Crippen LogP contribution in [0.4, 0.5) is 0 Å². The van der Waals surface area contributed by atoms with Crippen LogP contribution in [0, 0.1) is 11.3 Å². The maximum Gasteiger partial charge on any atom is 0.314 e. The van der Waals surface area contributed by atoms with Crippen LogP contribution in [0.2, 0.25) is 0 Å². The van der Waals surface area contributed by atoms with E-state index in [-0.39, 0.29) is 30.1 Å². The number of hydrogen-bond donors (Lipinski definition) is 0. The molecule has 3 rings (SSSR count). The second-order valence-electron chi connectivity index (χ2n) is 6.11. The Labute approximate surface area is 106 Å². The Morgan fingerprint density at radius 2 is 2.22 bits per heavy atom. The zero-order chi connectivity index (χ0) is 13.1. The van der Waals surface area contributed by atoms with Crippen molar-refractivity contribution >= 4 is 11.9 Å². The van der Waals surface area contributed by atoms with E-state index in [1.807, 2.05) is 20.8 Å². The molecule has 2 bridgehead atoms. The van der Waals surface area contributed by atoms with E-state index in [1.54, 1.807) is 0 Å². The quantitative estimate of drug-likeness (QED) is 0.712. The molecule has 0 aromatic carbocycles. The highest BCUT2D eigenvalue weighted by Gasteiger charge is 2.67. The molecule has 5 nitrogen and oxygen atoms in total. The SMILES string of the molecule is CCC(C)(C)C(=O)OC12CC3OC(=O)C(C1)C3O2. The van der Waals surface area contributed by atoms with Crippen molar-refractivity contribution in [1.29, 1.82) is 0 Å². The molecule has 0 saturated carbocycles. The summed E-state index contributed by atoms with van der Waals surface area (Å²) >= 11 is 0. The number of fused-ring (bicyclic) bond motifs is 1. The first-order valence-electron chi connectivity index (χ1n) is 6.49. The molecular formula is C13H18O5. The Balaban J connectivity index is 1.76. The standard InChI is InChI=1S/C13H18O5/c1-4-12(2,3)11(15)18-13-5-7-9(17-13)8(6-13)16-10(7)14/h7-9H,4-6H2,1-3H3. The summed E-state index contributed by atoms with van der Waals surface area (Å²) in [6.45, 7) is 5.65. The summed E-state index contributed by atoms with van der Waals surface area (Å²) in [6, 6.07) is 0. The highest BCUT2D eigenvalue weighted by atomic mass is 16.7. The molecule has 0 radical (unpaired) electrons. The lowest BCUT2D eigenvalue weighted by atomic mass is 9.87. The molecule has 4 atom stereocenters. The van der Waals surface area contributed by atoms with E-state index in [1.165, 1.54) is 0 Å². The van der Waals surface area contributed by atoms with Gasteiger partial charge in [0.15, 0.2) is 0 Å². The summed E-state index contributed by atoms with van der Waals surface area (Å²) in [4.78, 5) is 23.7. The van der Waals surface area contributed by atoms with Gasteiger partial charge in [-0.15, -0.1) is 0 Å². The van der Waals surface area contributed by atoms with Crippen LogP contribution in [0.1, 0.15) is 40.0 Å². The second kappa shape index (κ2) is 3.47. The predicted molar refractivity (Wildman–Crippen MR) is 60.4 cm³/mol. The minimum Gasteiger partial charge on any atom is -0.459 e. The van der Waals surface area contributed by atoms with E-state index >= 15 is 0 Å². The maximum atomic E-state index is 12.1. The Hall–Kier alpha value is -1.10. The minimum atomic E-state index is -0.921. The molecule has 3 heterocycles. The maximum absolute atomic E-state index is 12.1. The zero-order valence-electron chi connectivity index (χ0n) is 10.9.